The Balaban J connectivity index is 1.24. The molecule has 0 spiro atoms. The summed E-state index contributed by atoms with van der Waals surface area (Å²) in [5.74, 6) is 1.06. The Bertz CT molecular complexity index is 1550. The summed E-state index contributed by atoms with van der Waals surface area (Å²) in [7, 11) is 0. The van der Waals surface area contributed by atoms with Crippen molar-refractivity contribution in [1.82, 2.24) is 25.1 Å². The molecule has 3 N–H and O–H groups in total. The molecule has 0 aliphatic carbocycles. The number of aromatic amines is 2. The van der Waals surface area contributed by atoms with E-state index in [0.29, 0.717) is 5.75 Å². The van der Waals surface area contributed by atoms with Crippen molar-refractivity contribution in [3.05, 3.63) is 95.8 Å². The topological polar surface area (TPSA) is 80.8 Å². The van der Waals surface area contributed by atoms with E-state index in [2.05, 4.69) is 81.6 Å². The van der Waals surface area contributed by atoms with Crippen LogP contribution in [0.3, 0.4) is 0 Å². The first-order chi connectivity index (χ1) is 17.7. The van der Waals surface area contributed by atoms with Crippen molar-refractivity contribution < 1.29 is 5.11 Å². The molecule has 0 unspecified atom stereocenters. The van der Waals surface area contributed by atoms with E-state index in [1.165, 1.54) is 11.1 Å². The maximum absolute atomic E-state index is 9.86. The molecule has 6 rings (SSSR count). The number of benzene rings is 3. The van der Waals surface area contributed by atoms with Crippen LogP contribution in [0.2, 0.25) is 0 Å². The molecule has 0 saturated heterocycles. The molecule has 0 amide bonds. The number of aromatic hydroxyl groups is 1. The third-order valence-electron chi connectivity index (χ3n) is 6.95. The molecule has 36 heavy (non-hydrogen) atoms. The highest BCUT2D eigenvalue weighted by molar-refractivity contribution is 5.94. The number of hydrogen-bond donors (Lipinski definition) is 3. The molecular weight excluding hydrogens is 446 g/mol. The van der Waals surface area contributed by atoms with Gasteiger partial charge in [-0.25, -0.2) is 4.98 Å². The van der Waals surface area contributed by atoms with Crippen LogP contribution < -0.4 is 0 Å². The first-order valence-corrected chi connectivity index (χ1v) is 12.5. The molecule has 6 heteroatoms. The number of aromatic nitrogens is 4. The molecule has 0 radical (unpaired) electrons. The number of hydrogen-bond acceptors (Lipinski definition) is 4. The van der Waals surface area contributed by atoms with Gasteiger partial charge in [0.15, 0.2) is 5.82 Å². The van der Waals surface area contributed by atoms with Gasteiger partial charge in [-0.05, 0) is 64.9 Å². The monoisotopic (exact) mass is 475 g/mol. The van der Waals surface area contributed by atoms with E-state index in [4.69, 9.17) is 4.98 Å². The fourth-order valence-electron chi connectivity index (χ4n) is 5.10. The Morgan fingerprint density at radius 3 is 2.78 bits per heavy atom. The second-order valence-corrected chi connectivity index (χ2v) is 9.38. The van der Waals surface area contributed by atoms with E-state index < -0.39 is 0 Å². The summed E-state index contributed by atoms with van der Waals surface area (Å²) >= 11 is 0. The number of aryl methyl sites for hydroxylation is 1. The Morgan fingerprint density at radius 1 is 1.03 bits per heavy atom. The first-order valence-electron chi connectivity index (χ1n) is 12.5. The molecule has 3 aromatic carbocycles. The zero-order chi connectivity index (χ0) is 24.5. The zero-order valence-electron chi connectivity index (χ0n) is 20.3. The fourth-order valence-corrected chi connectivity index (χ4v) is 5.10. The summed E-state index contributed by atoms with van der Waals surface area (Å²) in [4.78, 5) is 10.7. The minimum atomic E-state index is 0.297. The number of phenolic OH excluding ortho intramolecular Hbond substituents is 1. The van der Waals surface area contributed by atoms with E-state index in [1.807, 2.05) is 18.3 Å². The molecule has 2 aromatic heterocycles. The Hall–Kier alpha value is -4.16. The van der Waals surface area contributed by atoms with Crippen LogP contribution in [0.4, 0.5) is 0 Å². The van der Waals surface area contributed by atoms with Gasteiger partial charge < -0.3 is 10.1 Å². The number of phenols is 1. The number of nitrogens with one attached hydrogen (secondary N) is 2. The second-order valence-electron chi connectivity index (χ2n) is 9.38. The van der Waals surface area contributed by atoms with Gasteiger partial charge in [0, 0.05) is 31.2 Å². The van der Waals surface area contributed by atoms with Crippen molar-refractivity contribution in [2.45, 2.75) is 26.3 Å². The third-order valence-corrected chi connectivity index (χ3v) is 6.95. The minimum absolute atomic E-state index is 0.297. The molecule has 0 atom stereocenters. The van der Waals surface area contributed by atoms with Gasteiger partial charge in [-0.1, -0.05) is 55.5 Å². The largest absolute Gasteiger partial charge is 0.508 e. The SMILES string of the molecule is CCc1cc(O)ccc1-c1ccc2c(-c3nc(C4=CCCN(Cc5ccccc5)C4)c[nH]3)n[nH]c2c1. The minimum Gasteiger partial charge on any atom is -0.508 e. The smallest absolute Gasteiger partial charge is 0.159 e. The van der Waals surface area contributed by atoms with Crippen LogP contribution in [0.1, 0.15) is 30.2 Å². The third kappa shape index (κ3) is 4.32. The summed E-state index contributed by atoms with van der Waals surface area (Å²) in [6.07, 6.45) is 6.17. The summed E-state index contributed by atoms with van der Waals surface area (Å²) in [5, 5.41) is 18.7. The van der Waals surface area contributed by atoms with E-state index in [1.54, 1.807) is 6.07 Å². The van der Waals surface area contributed by atoms with Crippen molar-refractivity contribution in [3.63, 3.8) is 0 Å². The fraction of sp³-hybridized carbons (Fsp3) is 0.200. The average Bonchev–Trinajstić information content (AvgIpc) is 3.56. The highest BCUT2D eigenvalue weighted by Gasteiger charge is 2.19. The lowest BCUT2D eigenvalue weighted by molar-refractivity contribution is 0.296. The van der Waals surface area contributed by atoms with Crippen LogP contribution in [0.15, 0.2) is 79.0 Å². The van der Waals surface area contributed by atoms with Crippen LogP contribution in [-0.4, -0.2) is 43.3 Å². The van der Waals surface area contributed by atoms with Crippen molar-refractivity contribution in [2.24, 2.45) is 0 Å². The lowest BCUT2D eigenvalue weighted by atomic mass is 9.97. The number of rotatable bonds is 6. The van der Waals surface area contributed by atoms with Gasteiger partial charge in [0.25, 0.3) is 0 Å². The van der Waals surface area contributed by atoms with Crippen LogP contribution in [0.5, 0.6) is 5.75 Å². The molecule has 0 saturated carbocycles. The van der Waals surface area contributed by atoms with Crippen LogP contribution in [0.25, 0.3) is 39.1 Å². The first kappa shape index (κ1) is 22.3. The quantitative estimate of drug-likeness (QED) is 0.274. The number of H-pyrrole nitrogens is 2. The van der Waals surface area contributed by atoms with Crippen molar-refractivity contribution in [3.8, 4) is 28.4 Å². The van der Waals surface area contributed by atoms with Crippen LogP contribution in [0, 0.1) is 0 Å². The maximum atomic E-state index is 9.86. The van der Waals surface area contributed by atoms with Gasteiger partial charge in [-0.2, -0.15) is 5.10 Å². The van der Waals surface area contributed by atoms with E-state index in [0.717, 1.165) is 77.3 Å². The predicted molar refractivity (Wildman–Crippen MR) is 144 cm³/mol. The molecule has 0 fully saturated rings. The standard InChI is InChI=1S/C30H29N5O/c1-2-21-15-24(36)11-13-25(21)22-10-12-26-27(16-22)33-34-29(26)30-31-17-28(32-30)23-9-6-14-35(19-23)18-20-7-4-3-5-8-20/h3-5,7-13,15-17,36H,2,6,14,18-19H2,1H3,(H,31,32)(H,33,34). The average molecular weight is 476 g/mol. The van der Waals surface area contributed by atoms with E-state index in [9.17, 15) is 5.11 Å². The van der Waals surface area contributed by atoms with Gasteiger partial charge in [-0.15, -0.1) is 0 Å². The lowest BCUT2D eigenvalue weighted by Crippen LogP contribution is -2.29. The summed E-state index contributed by atoms with van der Waals surface area (Å²) in [6.45, 7) is 4.99. The van der Waals surface area contributed by atoms with Gasteiger partial charge in [-0.3, -0.25) is 10.00 Å². The summed E-state index contributed by atoms with van der Waals surface area (Å²) < 4.78 is 0. The second kappa shape index (κ2) is 9.47. The van der Waals surface area contributed by atoms with Crippen LogP contribution in [-0.2, 0) is 13.0 Å². The highest BCUT2D eigenvalue weighted by Crippen LogP contribution is 2.32. The summed E-state index contributed by atoms with van der Waals surface area (Å²) in [6, 6.07) is 22.5. The molecular formula is C30H29N5O. The Kier molecular flexibility index (Phi) is 5.87. The molecule has 1 aliphatic rings. The van der Waals surface area contributed by atoms with Crippen LogP contribution >= 0.6 is 0 Å². The van der Waals surface area contributed by atoms with Crippen molar-refractivity contribution in [1.29, 1.82) is 0 Å². The lowest BCUT2D eigenvalue weighted by Gasteiger charge is -2.26. The Morgan fingerprint density at radius 2 is 1.92 bits per heavy atom. The van der Waals surface area contributed by atoms with Gasteiger partial charge in [0.2, 0.25) is 0 Å². The normalized spacial score (nSPS) is 14.3. The van der Waals surface area contributed by atoms with E-state index in [-0.39, 0.29) is 0 Å². The zero-order valence-corrected chi connectivity index (χ0v) is 20.3. The van der Waals surface area contributed by atoms with Gasteiger partial charge in [0.1, 0.15) is 11.4 Å². The predicted octanol–water partition coefficient (Wildman–Crippen LogP) is 6.18. The molecule has 1 aliphatic heterocycles. The van der Waals surface area contributed by atoms with Crippen molar-refractivity contribution >= 4 is 16.5 Å². The number of imidazole rings is 1. The molecule has 6 nitrogen and oxygen atoms in total. The van der Waals surface area contributed by atoms with Crippen molar-refractivity contribution in [2.75, 3.05) is 13.1 Å². The molecule has 3 heterocycles. The van der Waals surface area contributed by atoms with E-state index >= 15 is 0 Å². The number of fused-ring (bicyclic) bond motifs is 1. The van der Waals surface area contributed by atoms with Gasteiger partial charge >= 0.3 is 0 Å². The molecule has 5 aromatic rings. The maximum Gasteiger partial charge on any atom is 0.159 e. The Labute approximate surface area is 210 Å². The molecule has 180 valence electrons. The number of nitrogens with zero attached hydrogens (tertiary/aromatic N) is 3. The molecule has 0 bridgehead atoms. The summed E-state index contributed by atoms with van der Waals surface area (Å²) in [5.41, 5.74) is 8.68. The highest BCUT2D eigenvalue weighted by atomic mass is 16.3. The van der Waals surface area contributed by atoms with Gasteiger partial charge in [0.05, 0.1) is 11.2 Å².